The van der Waals surface area contributed by atoms with Crippen LogP contribution in [0.5, 0.6) is 5.75 Å². The number of phenols is 1. The second-order valence-electron chi connectivity index (χ2n) is 2.86. The lowest BCUT2D eigenvalue weighted by molar-refractivity contribution is 0.0990. The Morgan fingerprint density at radius 3 is 2.83 bits per heavy atom. The zero-order chi connectivity index (χ0) is 8.72. The van der Waals surface area contributed by atoms with Gasteiger partial charge < -0.3 is 5.11 Å². The standard InChI is InChI=1S/C9H7FO2/c10-9-7(12)4-2-5-1-3-6(11)8(5)9/h2,4,12H,1,3H2. The lowest BCUT2D eigenvalue weighted by Crippen LogP contribution is -1.96. The van der Waals surface area contributed by atoms with Gasteiger partial charge in [-0.25, -0.2) is 4.39 Å². The Balaban J connectivity index is 2.71. The van der Waals surface area contributed by atoms with Crippen LogP contribution in [-0.4, -0.2) is 10.9 Å². The molecule has 0 saturated heterocycles. The van der Waals surface area contributed by atoms with E-state index in [4.69, 9.17) is 5.11 Å². The smallest absolute Gasteiger partial charge is 0.175 e. The average Bonchev–Trinajstić information content (AvgIpc) is 2.41. The highest BCUT2D eigenvalue weighted by Crippen LogP contribution is 2.29. The van der Waals surface area contributed by atoms with Crippen molar-refractivity contribution < 1.29 is 14.3 Å². The van der Waals surface area contributed by atoms with E-state index in [0.29, 0.717) is 18.4 Å². The first-order valence-electron chi connectivity index (χ1n) is 3.73. The van der Waals surface area contributed by atoms with Crippen LogP contribution in [0.3, 0.4) is 0 Å². The first kappa shape index (κ1) is 7.28. The Bertz CT molecular complexity index is 358. The van der Waals surface area contributed by atoms with E-state index in [9.17, 15) is 9.18 Å². The Kier molecular flexibility index (Phi) is 1.40. The van der Waals surface area contributed by atoms with Crippen LogP contribution in [-0.2, 0) is 6.42 Å². The molecular formula is C9H7FO2. The third-order valence-corrected chi connectivity index (χ3v) is 2.11. The highest BCUT2D eigenvalue weighted by atomic mass is 19.1. The van der Waals surface area contributed by atoms with E-state index >= 15 is 0 Å². The highest BCUT2D eigenvalue weighted by molar-refractivity contribution is 6.01. The molecule has 0 aliphatic heterocycles. The maximum Gasteiger partial charge on any atom is 0.175 e. The Hall–Kier alpha value is -1.38. The predicted molar refractivity (Wildman–Crippen MR) is 40.7 cm³/mol. The number of fused-ring (bicyclic) bond motifs is 1. The summed E-state index contributed by atoms with van der Waals surface area (Å²) in [7, 11) is 0. The third kappa shape index (κ3) is 0.826. The van der Waals surface area contributed by atoms with E-state index < -0.39 is 11.6 Å². The van der Waals surface area contributed by atoms with Crippen LogP contribution >= 0.6 is 0 Å². The molecule has 0 atom stereocenters. The van der Waals surface area contributed by atoms with Gasteiger partial charge in [-0.3, -0.25) is 4.79 Å². The second-order valence-corrected chi connectivity index (χ2v) is 2.86. The number of carbonyl (C=O) groups excluding carboxylic acids is 1. The van der Waals surface area contributed by atoms with Crippen molar-refractivity contribution >= 4 is 5.78 Å². The summed E-state index contributed by atoms with van der Waals surface area (Å²) in [6, 6.07) is 2.88. The Labute approximate surface area is 68.6 Å². The minimum Gasteiger partial charge on any atom is -0.505 e. The zero-order valence-electron chi connectivity index (χ0n) is 6.30. The molecule has 62 valence electrons. The number of benzene rings is 1. The number of carbonyl (C=O) groups is 1. The molecule has 0 spiro atoms. The van der Waals surface area contributed by atoms with Crippen LogP contribution in [0.2, 0.25) is 0 Å². The SMILES string of the molecule is O=C1CCc2ccc(O)c(F)c21. The molecule has 1 N–H and O–H groups in total. The second kappa shape index (κ2) is 2.30. The molecule has 2 nitrogen and oxygen atoms in total. The molecular weight excluding hydrogens is 159 g/mol. The summed E-state index contributed by atoms with van der Waals surface area (Å²) in [6.45, 7) is 0. The number of phenolic OH excluding ortho intramolecular Hbond substituents is 1. The van der Waals surface area contributed by atoms with Gasteiger partial charge in [-0.15, -0.1) is 0 Å². The summed E-state index contributed by atoms with van der Waals surface area (Å²) in [6.07, 6.45) is 0.946. The van der Waals surface area contributed by atoms with Gasteiger partial charge in [-0.1, -0.05) is 6.07 Å². The summed E-state index contributed by atoms with van der Waals surface area (Å²) < 4.78 is 13.1. The number of ketones is 1. The Morgan fingerprint density at radius 2 is 2.08 bits per heavy atom. The van der Waals surface area contributed by atoms with Gasteiger partial charge in [0.15, 0.2) is 17.3 Å². The molecule has 1 aliphatic carbocycles. The number of aryl methyl sites for hydroxylation is 1. The first-order valence-corrected chi connectivity index (χ1v) is 3.73. The van der Waals surface area contributed by atoms with Gasteiger partial charge >= 0.3 is 0 Å². The number of Topliss-reactive ketones (excluding diaryl/α,β-unsaturated/α-hetero) is 1. The Morgan fingerprint density at radius 1 is 1.33 bits per heavy atom. The van der Waals surface area contributed by atoms with Crippen molar-refractivity contribution in [2.24, 2.45) is 0 Å². The summed E-state index contributed by atoms with van der Waals surface area (Å²) in [5.74, 6) is -1.42. The van der Waals surface area contributed by atoms with Gasteiger partial charge in [0.1, 0.15) is 0 Å². The monoisotopic (exact) mass is 166 g/mol. The lowest BCUT2D eigenvalue weighted by Gasteiger charge is -2.00. The number of halogens is 1. The molecule has 3 heteroatoms. The first-order chi connectivity index (χ1) is 5.70. The minimum atomic E-state index is -0.769. The number of hydrogen-bond donors (Lipinski definition) is 1. The van der Waals surface area contributed by atoms with Crippen LogP contribution in [0.4, 0.5) is 4.39 Å². The van der Waals surface area contributed by atoms with Crippen molar-refractivity contribution in [2.45, 2.75) is 12.8 Å². The van der Waals surface area contributed by atoms with Crippen LogP contribution < -0.4 is 0 Å². The van der Waals surface area contributed by atoms with Gasteiger partial charge in [-0.2, -0.15) is 0 Å². The third-order valence-electron chi connectivity index (χ3n) is 2.11. The van der Waals surface area contributed by atoms with Gasteiger partial charge in [0.2, 0.25) is 0 Å². The van der Waals surface area contributed by atoms with Gasteiger partial charge in [0.05, 0.1) is 5.56 Å². The van der Waals surface area contributed by atoms with E-state index in [-0.39, 0.29) is 11.3 Å². The van der Waals surface area contributed by atoms with Crippen molar-refractivity contribution in [1.82, 2.24) is 0 Å². The number of rotatable bonds is 0. The predicted octanol–water partition coefficient (Wildman–Crippen LogP) is 1.66. The minimum absolute atomic E-state index is 0.0787. The normalized spacial score (nSPS) is 14.9. The molecule has 0 unspecified atom stereocenters. The van der Waals surface area contributed by atoms with Crippen molar-refractivity contribution in [1.29, 1.82) is 0 Å². The zero-order valence-corrected chi connectivity index (χ0v) is 6.30. The van der Waals surface area contributed by atoms with Crippen LogP contribution in [0.1, 0.15) is 22.3 Å². The van der Waals surface area contributed by atoms with Crippen LogP contribution in [0.25, 0.3) is 0 Å². The van der Waals surface area contributed by atoms with E-state index in [1.54, 1.807) is 6.07 Å². The van der Waals surface area contributed by atoms with Crippen LogP contribution in [0.15, 0.2) is 12.1 Å². The molecule has 2 rings (SSSR count). The molecule has 0 bridgehead atoms. The largest absolute Gasteiger partial charge is 0.505 e. The summed E-state index contributed by atoms with van der Waals surface area (Å²) in [5.41, 5.74) is 0.783. The number of aromatic hydroxyl groups is 1. The topological polar surface area (TPSA) is 37.3 Å². The molecule has 0 radical (unpaired) electrons. The van der Waals surface area contributed by atoms with Crippen molar-refractivity contribution in [2.75, 3.05) is 0 Å². The van der Waals surface area contributed by atoms with Crippen LogP contribution in [0, 0.1) is 5.82 Å². The molecule has 0 heterocycles. The maximum atomic E-state index is 13.1. The van der Waals surface area contributed by atoms with Gasteiger partial charge in [0, 0.05) is 6.42 Å². The summed E-state index contributed by atoms with van der Waals surface area (Å²) >= 11 is 0. The fourth-order valence-corrected chi connectivity index (χ4v) is 1.49. The van der Waals surface area contributed by atoms with Gasteiger partial charge in [0.25, 0.3) is 0 Å². The maximum absolute atomic E-state index is 13.1. The quantitative estimate of drug-likeness (QED) is 0.636. The average molecular weight is 166 g/mol. The molecule has 0 saturated carbocycles. The van der Waals surface area contributed by atoms with E-state index in [1.807, 2.05) is 0 Å². The van der Waals surface area contributed by atoms with E-state index in [1.165, 1.54) is 6.07 Å². The van der Waals surface area contributed by atoms with Crippen molar-refractivity contribution in [3.8, 4) is 5.75 Å². The van der Waals surface area contributed by atoms with Crippen molar-refractivity contribution in [3.63, 3.8) is 0 Å². The molecule has 1 aliphatic rings. The fraction of sp³-hybridized carbons (Fsp3) is 0.222. The molecule has 0 amide bonds. The van der Waals surface area contributed by atoms with E-state index in [0.717, 1.165) is 0 Å². The molecule has 12 heavy (non-hydrogen) atoms. The molecule has 1 aromatic carbocycles. The van der Waals surface area contributed by atoms with Gasteiger partial charge in [-0.05, 0) is 18.1 Å². The fourth-order valence-electron chi connectivity index (χ4n) is 1.49. The molecule has 0 aromatic heterocycles. The molecule has 1 aromatic rings. The summed E-state index contributed by atoms with van der Waals surface area (Å²) in [4.78, 5) is 11.1. The molecule has 0 fully saturated rings. The highest BCUT2D eigenvalue weighted by Gasteiger charge is 2.24. The lowest BCUT2D eigenvalue weighted by atomic mass is 10.1. The number of hydrogen-bond acceptors (Lipinski definition) is 2. The van der Waals surface area contributed by atoms with E-state index in [2.05, 4.69) is 0 Å². The van der Waals surface area contributed by atoms with Crippen molar-refractivity contribution in [3.05, 3.63) is 29.1 Å². The summed E-state index contributed by atoms with van der Waals surface area (Å²) in [5, 5.41) is 8.97.